The Morgan fingerprint density at radius 1 is 1.45 bits per heavy atom. The third-order valence-corrected chi connectivity index (χ3v) is 4.55. The van der Waals surface area contributed by atoms with Crippen molar-refractivity contribution in [1.29, 1.82) is 0 Å². The molecule has 1 N–H and O–H groups in total. The average Bonchev–Trinajstić information content (AvgIpc) is 2.46. The van der Waals surface area contributed by atoms with E-state index in [0.29, 0.717) is 31.0 Å². The van der Waals surface area contributed by atoms with E-state index in [-0.39, 0.29) is 10.8 Å². The van der Waals surface area contributed by atoms with Gasteiger partial charge >= 0.3 is 0 Å². The normalized spacial score (nSPS) is 14.6. The summed E-state index contributed by atoms with van der Waals surface area (Å²) in [7, 11) is -2.18. The van der Waals surface area contributed by atoms with Crippen molar-refractivity contribution in [1.82, 2.24) is 4.72 Å². The van der Waals surface area contributed by atoms with Gasteiger partial charge in [0.2, 0.25) is 15.9 Å². The number of rotatable bonds is 4. The van der Waals surface area contributed by atoms with Gasteiger partial charge in [-0.15, -0.1) is 0 Å². The second-order valence-electron chi connectivity index (χ2n) is 4.48. The van der Waals surface area contributed by atoms with E-state index in [1.54, 1.807) is 11.0 Å². The van der Waals surface area contributed by atoms with Crippen LogP contribution in [0.4, 0.5) is 5.69 Å². The standard InChI is InChI=1S/C13H18N2O4S/c1-3-4-13(16)15-7-8-19-12-6-5-10(9-11(12)15)20(17,18)14-2/h5-6,9,14H,3-4,7-8H2,1-2H3. The average molecular weight is 298 g/mol. The van der Waals surface area contributed by atoms with Crippen LogP contribution in [-0.2, 0) is 14.8 Å². The highest BCUT2D eigenvalue weighted by Crippen LogP contribution is 2.34. The minimum atomic E-state index is -3.54. The van der Waals surface area contributed by atoms with Crippen molar-refractivity contribution in [3.63, 3.8) is 0 Å². The van der Waals surface area contributed by atoms with Crippen molar-refractivity contribution in [3.05, 3.63) is 18.2 Å². The third-order valence-electron chi connectivity index (χ3n) is 3.14. The first-order valence-electron chi connectivity index (χ1n) is 6.50. The minimum absolute atomic E-state index is 0.0175. The lowest BCUT2D eigenvalue weighted by molar-refractivity contribution is -0.118. The third kappa shape index (κ3) is 2.78. The number of anilines is 1. The fourth-order valence-corrected chi connectivity index (χ4v) is 2.84. The highest BCUT2D eigenvalue weighted by Gasteiger charge is 2.25. The highest BCUT2D eigenvalue weighted by atomic mass is 32.2. The number of nitrogens with zero attached hydrogens (tertiary/aromatic N) is 1. The molecule has 7 heteroatoms. The van der Waals surface area contributed by atoms with Crippen LogP contribution in [-0.4, -0.2) is 34.5 Å². The van der Waals surface area contributed by atoms with Gasteiger partial charge in [0.05, 0.1) is 17.1 Å². The van der Waals surface area contributed by atoms with Crippen molar-refractivity contribution in [2.75, 3.05) is 25.1 Å². The largest absolute Gasteiger partial charge is 0.490 e. The fourth-order valence-electron chi connectivity index (χ4n) is 2.09. The molecule has 1 amide bonds. The molecular weight excluding hydrogens is 280 g/mol. The van der Waals surface area contributed by atoms with Crippen molar-refractivity contribution in [2.45, 2.75) is 24.7 Å². The molecule has 20 heavy (non-hydrogen) atoms. The molecule has 2 rings (SSSR count). The van der Waals surface area contributed by atoms with Crippen LogP contribution in [0, 0.1) is 0 Å². The Bertz CT molecular complexity index is 613. The van der Waals surface area contributed by atoms with E-state index >= 15 is 0 Å². The summed E-state index contributed by atoms with van der Waals surface area (Å²) in [4.78, 5) is 13.8. The molecule has 0 aliphatic carbocycles. The first kappa shape index (κ1) is 14.8. The number of ether oxygens (including phenoxy) is 1. The smallest absolute Gasteiger partial charge is 0.240 e. The van der Waals surface area contributed by atoms with Gasteiger partial charge in [0, 0.05) is 6.42 Å². The van der Waals surface area contributed by atoms with E-state index in [0.717, 1.165) is 6.42 Å². The number of hydrogen-bond donors (Lipinski definition) is 1. The molecule has 0 aromatic heterocycles. The molecule has 0 saturated carbocycles. The molecule has 1 heterocycles. The molecule has 0 saturated heterocycles. The highest BCUT2D eigenvalue weighted by molar-refractivity contribution is 7.89. The molecule has 1 aromatic carbocycles. The van der Waals surface area contributed by atoms with Crippen LogP contribution in [0.1, 0.15) is 19.8 Å². The maximum atomic E-state index is 12.1. The lowest BCUT2D eigenvalue weighted by Crippen LogP contribution is -2.38. The number of benzene rings is 1. The van der Waals surface area contributed by atoms with E-state index in [2.05, 4.69) is 4.72 Å². The lowest BCUT2D eigenvalue weighted by Gasteiger charge is -2.30. The zero-order valence-electron chi connectivity index (χ0n) is 11.5. The second-order valence-corrected chi connectivity index (χ2v) is 6.37. The number of carbonyl (C=O) groups excluding carboxylic acids is 1. The molecular formula is C13H18N2O4S. The van der Waals surface area contributed by atoms with Gasteiger partial charge in [0.1, 0.15) is 12.4 Å². The maximum Gasteiger partial charge on any atom is 0.240 e. The number of hydrogen-bond acceptors (Lipinski definition) is 4. The Labute approximate surface area is 118 Å². The van der Waals surface area contributed by atoms with Crippen LogP contribution >= 0.6 is 0 Å². The number of amides is 1. The molecule has 0 atom stereocenters. The zero-order valence-corrected chi connectivity index (χ0v) is 12.4. The summed E-state index contributed by atoms with van der Waals surface area (Å²) in [6.45, 7) is 2.79. The van der Waals surface area contributed by atoms with Crippen LogP contribution in [0.3, 0.4) is 0 Å². The first-order chi connectivity index (χ1) is 9.49. The summed E-state index contributed by atoms with van der Waals surface area (Å²) in [6.07, 6.45) is 1.18. The van der Waals surface area contributed by atoms with Crippen molar-refractivity contribution >= 4 is 21.6 Å². The number of carbonyl (C=O) groups is 1. The summed E-state index contributed by atoms with van der Waals surface area (Å²) in [5.41, 5.74) is 0.519. The van der Waals surface area contributed by atoms with Gasteiger partial charge in [-0.3, -0.25) is 4.79 Å². The van der Waals surface area contributed by atoms with E-state index in [1.807, 2.05) is 6.92 Å². The van der Waals surface area contributed by atoms with Gasteiger partial charge in [-0.25, -0.2) is 13.1 Å². The number of nitrogens with one attached hydrogen (secondary N) is 1. The summed E-state index contributed by atoms with van der Waals surface area (Å²) in [5.74, 6) is 0.520. The molecule has 110 valence electrons. The van der Waals surface area contributed by atoms with Crippen molar-refractivity contribution in [2.24, 2.45) is 0 Å². The summed E-state index contributed by atoms with van der Waals surface area (Å²) >= 11 is 0. The topological polar surface area (TPSA) is 75.7 Å². The second kappa shape index (κ2) is 5.80. The predicted octanol–water partition coefficient (Wildman–Crippen LogP) is 1.12. The fraction of sp³-hybridized carbons (Fsp3) is 0.462. The predicted molar refractivity (Wildman–Crippen MR) is 75.4 cm³/mol. The number of sulfonamides is 1. The van der Waals surface area contributed by atoms with E-state index < -0.39 is 10.0 Å². The van der Waals surface area contributed by atoms with Crippen molar-refractivity contribution in [3.8, 4) is 5.75 Å². The maximum absolute atomic E-state index is 12.1. The lowest BCUT2D eigenvalue weighted by atomic mass is 10.2. The first-order valence-corrected chi connectivity index (χ1v) is 7.98. The molecule has 0 unspecified atom stereocenters. The summed E-state index contributed by atoms with van der Waals surface area (Å²) in [6, 6.07) is 4.54. The van der Waals surface area contributed by atoms with Crippen LogP contribution in [0.2, 0.25) is 0 Å². The molecule has 1 aliphatic heterocycles. The van der Waals surface area contributed by atoms with Gasteiger partial charge < -0.3 is 9.64 Å². The van der Waals surface area contributed by atoms with Gasteiger partial charge in [0.25, 0.3) is 0 Å². The SMILES string of the molecule is CCCC(=O)N1CCOc2ccc(S(=O)(=O)NC)cc21. The van der Waals surface area contributed by atoms with Gasteiger partial charge in [-0.2, -0.15) is 0 Å². The zero-order chi connectivity index (χ0) is 14.8. The van der Waals surface area contributed by atoms with E-state index in [4.69, 9.17) is 4.74 Å². The van der Waals surface area contributed by atoms with Gasteiger partial charge in [-0.05, 0) is 31.7 Å². The quantitative estimate of drug-likeness (QED) is 0.904. The van der Waals surface area contributed by atoms with Crippen LogP contribution in [0.5, 0.6) is 5.75 Å². The van der Waals surface area contributed by atoms with Crippen LogP contribution < -0.4 is 14.4 Å². The Morgan fingerprint density at radius 3 is 2.85 bits per heavy atom. The molecule has 1 aliphatic rings. The minimum Gasteiger partial charge on any atom is -0.490 e. The van der Waals surface area contributed by atoms with Crippen LogP contribution in [0.25, 0.3) is 0 Å². The summed E-state index contributed by atoms with van der Waals surface area (Å²) < 4.78 is 31.4. The van der Waals surface area contributed by atoms with Gasteiger partial charge in [-0.1, -0.05) is 6.92 Å². The Balaban J connectivity index is 2.44. The van der Waals surface area contributed by atoms with Crippen molar-refractivity contribution < 1.29 is 17.9 Å². The molecule has 0 bridgehead atoms. The monoisotopic (exact) mass is 298 g/mol. The number of fused-ring (bicyclic) bond motifs is 1. The molecule has 1 aromatic rings. The Kier molecular flexibility index (Phi) is 4.29. The Hall–Kier alpha value is -1.60. The van der Waals surface area contributed by atoms with Crippen LogP contribution in [0.15, 0.2) is 23.1 Å². The Morgan fingerprint density at radius 2 is 2.20 bits per heavy atom. The molecule has 6 nitrogen and oxygen atoms in total. The molecule has 0 fully saturated rings. The van der Waals surface area contributed by atoms with E-state index in [9.17, 15) is 13.2 Å². The van der Waals surface area contributed by atoms with E-state index in [1.165, 1.54) is 19.2 Å². The molecule has 0 spiro atoms. The molecule has 0 radical (unpaired) electrons. The summed E-state index contributed by atoms with van der Waals surface area (Å²) in [5, 5.41) is 0. The van der Waals surface area contributed by atoms with Gasteiger partial charge in [0.15, 0.2) is 0 Å².